The van der Waals surface area contributed by atoms with Crippen LogP contribution in [0.15, 0.2) is 90.0 Å². The maximum Gasteiger partial charge on any atom is 0.244 e. The van der Waals surface area contributed by atoms with Crippen molar-refractivity contribution >= 4 is 17.9 Å². The standard InChI is InChI=1S/C26H25N5/c1-19-9-13-22(14-10-19)25-17-24(21-7-5-4-6-8-21)28-26(29-25)30-27-18-20-11-15-23(16-12-20)31(2)3/h4-18H,1-3H3,(H,28,29,30)/b27-18+. The van der Waals surface area contributed by atoms with Gasteiger partial charge in [0.05, 0.1) is 17.6 Å². The van der Waals surface area contributed by atoms with Crippen molar-refractivity contribution in [2.75, 3.05) is 24.4 Å². The van der Waals surface area contributed by atoms with Gasteiger partial charge in [-0.25, -0.2) is 15.4 Å². The molecule has 0 aliphatic carbocycles. The summed E-state index contributed by atoms with van der Waals surface area (Å²) in [6.45, 7) is 2.08. The highest BCUT2D eigenvalue weighted by Gasteiger charge is 2.08. The van der Waals surface area contributed by atoms with E-state index in [4.69, 9.17) is 0 Å². The summed E-state index contributed by atoms with van der Waals surface area (Å²) in [6.07, 6.45) is 1.77. The first kappa shape index (κ1) is 20.3. The Morgan fingerprint density at radius 3 is 2.00 bits per heavy atom. The molecule has 1 N–H and O–H groups in total. The number of benzene rings is 3. The zero-order valence-corrected chi connectivity index (χ0v) is 17.9. The molecule has 0 atom stereocenters. The average molecular weight is 408 g/mol. The minimum Gasteiger partial charge on any atom is -0.378 e. The lowest BCUT2D eigenvalue weighted by atomic mass is 10.1. The average Bonchev–Trinajstić information content (AvgIpc) is 2.80. The normalized spacial score (nSPS) is 10.9. The third kappa shape index (κ3) is 5.14. The molecule has 5 nitrogen and oxygen atoms in total. The van der Waals surface area contributed by atoms with Crippen LogP contribution in [0.5, 0.6) is 0 Å². The summed E-state index contributed by atoms with van der Waals surface area (Å²) in [5.74, 6) is 0.457. The van der Waals surface area contributed by atoms with Gasteiger partial charge in [0.25, 0.3) is 0 Å². The summed E-state index contributed by atoms with van der Waals surface area (Å²) in [5.41, 5.74) is 10.1. The van der Waals surface area contributed by atoms with Crippen LogP contribution in [0.2, 0.25) is 0 Å². The van der Waals surface area contributed by atoms with Crippen molar-refractivity contribution in [2.45, 2.75) is 6.92 Å². The lowest BCUT2D eigenvalue weighted by Gasteiger charge is -2.11. The Kier molecular flexibility index (Phi) is 6.03. The number of hydrogen-bond donors (Lipinski definition) is 1. The van der Waals surface area contributed by atoms with E-state index < -0.39 is 0 Å². The molecule has 0 aliphatic rings. The quantitative estimate of drug-likeness (QED) is 0.332. The molecule has 4 rings (SSSR count). The molecular weight excluding hydrogens is 382 g/mol. The number of hydrogen-bond acceptors (Lipinski definition) is 5. The van der Waals surface area contributed by atoms with Crippen LogP contribution < -0.4 is 10.3 Å². The smallest absolute Gasteiger partial charge is 0.244 e. The second-order valence-corrected chi connectivity index (χ2v) is 7.55. The van der Waals surface area contributed by atoms with E-state index in [1.807, 2.05) is 62.6 Å². The number of nitrogens with one attached hydrogen (secondary N) is 1. The molecule has 0 saturated carbocycles. The number of aryl methyl sites for hydroxylation is 1. The van der Waals surface area contributed by atoms with E-state index in [0.717, 1.165) is 33.8 Å². The van der Waals surface area contributed by atoms with E-state index in [1.54, 1.807) is 6.21 Å². The summed E-state index contributed by atoms with van der Waals surface area (Å²) < 4.78 is 0. The maximum atomic E-state index is 4.68. The minimum atomic E-state index is 0.457. The molecule has 154 valence electrons. The molecule has 0 saturated heterocycles. The molecule has 0 bridgehead atoms. The van der Waals surface area contributed by atoms with Gasteiger partial charge >= 0.3 is 0 Å². The Balaban J connectivity index is 1.63. The molecule has 1 aromatic heterocycles. The zero-order chi connectivity index (χ0) is 21.6. The van der Waals surface area contributed by atoms with Crippen LogP contribution in [0.1, 0.15) is 11.1 Å². The van der Waals surface area contributed by atoms with Gasteiger partial charge in [-0.3, -0.25) is 0 Å². The molecule has 1 heterocycles. The van der Waals surface area contributed by atoms with Gasteiger partial charge in [-0.1, -0.05) is 72.3 Å². The number of aromatic nitrogens is 2. The van der Waals surface area contributed by atoms with Crippen molar-refractivity contribution in [3.05, 3.63) is 96.1 Å². The second kappa shape index (κ2) is 9.22. The molecule has 0 amide bonds. The van der Waals surface area contributed by atoms with Crippen molar-refractivity contribution < 1.29 is 0 Å². The third-order valence-electron chi connectivity index (χ3n) is 4.93. The largest absolute Gasteiger partial charge is 0.378 e. The minimum absolute atomic E-state index is 0.457. The molecule has 0 radical (unpaired) electrons. The van der Waals surface area contributed by atoms with Gasteiger partial charge in [0, 0.05) is 30.9 Å². The van der Waals surface area contributed by atoms with Crippen molar-refractivity contribution in [1.29, 1.82) is 0 Å². The fourth-order valence-electron chi connectivity index (χ4n) is 3.15. The Hall–Kier alpha value is -3.99. The fourth-order valence-corrected chi connectivity index (χ4v) is 3.15. The van der Waals surface area contributed by atoms with Gasteiger partial charge in [0.15, 0.2) is 0 Å². The maximum absolute atomic E-state index is 4.68. The van der Waals surface area contributed by atoms with Crippen LogP contribution >= 0.6 is 0 Å². The van der Waals surface area contributed by atoms with Crippen LogP contribution in [0, 0.1) is 6.92 Å². The Labute approximate surface area is 183 Å². The van der Waals surface area contributed by atoms with Gasteiger partial charge in [0.2, 0.25) is 5.95 Å². The third-order valence-corrected chi connectivity index (χ3v) is 4.93. The van der Waals surface area contributed by atoms with Crippen LogP contribution in [-0.4, -0.2) is 30.3 Å². The first-order chi connectivity index (χ1) is 15.1. The molecule has 3 aromatic carbocycles. The molecule has 0 aliphatic heterocycles. The molecular formula is C26H25N5. The zero-order valence-electron chi connectivity index (χ0n) is 17.9. The number of anilines is 2. The van der Waals surface area contributed by atoms with Gasteiger partial charge in [0.1, 0.15) is 0 Å². The highest BCUT2D eigenvalue weighted by Crippen LogP contribution is 2.25. The number of hydrazone groups is 1. The summed E-state index contributed by atoms with van der Waals surface area (Å²) in [4.78, 5) is 11.4. The van der Waals surface area contributed by atoms with E-state index in [1.165, 1.54) is 5.56 Å². The molecule has 5 heteroatoms. The van der Waals surface area contributed by atoms with Crippen LogP contribution in [0.3, 0.4) is 0 Å². The molecule has 0 spiro atoms. The first-order valence-electron chi connectivity index (χ1n) is 10.2. The van der Waals surface area contributed by atoms with E-state index in [0.29, 0.717) is 5.95 Å². The van der Waals surface area contributed by atoms with Crippen molar-refractivity contribution in [1.82, 2.24) is 9.97 Å². The van der Waals surface area contributed by atoms with Gasteiger partial charge in [-0.2, -0.15) is 5.10 Å². The van der Waals surface area contributed by atoms with E-state index in [-0.39, 0.29) is 0 Å². The second-order valence-electron chi connectivity index (χ2n) is 7.55. The molecule has 4 aromatic rings. The fraction of sp³-hybridized carbons (Fsp3) is 0.115. The summed E-state index contributed by atoms with van der Waals surface area (Å²) >= 11 is 0. The van der Waals surface area contributed by atoms with Crippen molar-refractivity contribution in [2.24, 2.45) is 5.10 Å². The predicted octanol–water partition coefficient (Wildman–Crippen LogP) is 5.63. The monoisotopic (exact) mass is 407 g/mol. The van der Waals surface area contributed by atoms with Gasteiger partial charge in [-0.05, 0) is 30.7 Å². The summed E-state index contributed by atoms with van der Waals surface area (Å²) in [5, 5.41) is 4.36. The van der Waals surface area contributed by atoms with E-state index >= 15 is 0 Å². The molecule has 0 unspecified atom stereocenters. The number of nitrogens with zero attached hydrogens (tertiary/aromatic N) is 4. The topological polar surface area (TPSA) is 53.4 Å². The Morgan fingerprint density at radius 1 is 0.774 bits per heavy atom. The van der Waals surface area contributed by atoms with Crippen LogP contribution in [0.4, 0.5) is 11.6 Å². The van der Waals surface area contributed by atoms with Crippen molar-refractivity contribution in [3.8, 4) is 22.5 Å². The van der Waals surface area contributed by atoms with E-state index in [9.17, 15) is 0 Å². The number of rotatable bonds is 6. The molecule has 0 fully saturated rings. The van der Waals surface area contributed by atoms with Crippen LogP contribution in [0.25, 0.3) is 22.5 Å². The highest BCUT2D eigenvalue weighted by atomic mass is 15.3. The lowest BCUT2D eigenvalue weighted by Crippen LogP contribution is -2.08. The molecule has 31 heavy (non-hydrogen) atoms. The first-order valence-corrected chi connectivity index (χ1v) is 10.2. The lowest BCUT2D eigenvalue weighted by molar-refractivity contribution is 1.12. The van der Waals surface area contributed by atoms with E-state index in [2.05, 4.69) is 68.7 Å². The Morgan fingerprint density at radius 2 is 1.39 bits per heavy atom. The van der Waals surface area contributed by atoms with Crippen molar-refractivity contribution in [3.63, 3.8) is 0 Å². The summed E-state index contributed by atoms with van der Waals surface area (Å²) in [6, 6.07) is 28.6. The predicted molar refractivity (Wildman–Crippen MR) is 130 cm³/mol. The Bertz CT molecular complexity index is 1160. The highest BCUT2D eigenvalue weighted by molar-refractivity contribution is 5.81. The van der Waals surface area contributed by atoms with Gasteiger partial charge in [-0.15, -0.1) is 0 Å². The van der Waals surface area contributed by atoms with Gasteiger partial charge < -0.3 is 4.90 Å². The van der Waals surface area contributed by atoms with Crippen LogP contribution in [-0.2, 0) is 0 Å². The summed E-state index contributed by atoms with van der Waals surface area (Å²) in [7, 11) is 4.04. The SMILES string of the molecule is Cc1ccc(-c2cc(-c3ccccc3)nc(N/N=C/c3ccc(N(C)C)cc3)n2)cc1.